The van der Waals surface area contributed by atoms with E-state index < -0.39 is 41.0 Å². The first-order chi connectivity index (χ1) is 18.1. The molecule has 3 amide bonds. The van der Waals surface area contributed by atoms with Gasteiger partial charge in [0.1, 0.15) is 23.5 Å². The molecule has 0 radical (unpaired) electrons. The number of rotatable bonds is 7. The molecule has 1 heterocycles. The molecule has 200 valence electrons. The van der Waals surface area contributed by atoms with Crippen molar-refractivity contribution in [3.05, 3.63) is 52.3 Å². The van der Waals surface area contributed by atoms with Gasteiger partial charge in [-0.1, -0.05) is 23.2 Å². The van der Waals surface area contributed by atoms with Crippen LogP contribution in [-0.4, -0.2) is 54.2 Å². The van der Waals surface area contributed by atoms with Crippen molar-refractivity contribution >= 4 is 46.6 Å². The molecular formula is C26H23Cl2F2N3O5. The summed E-state index contributed by atoms with van der Waals surface area (Å²) in [5.74, 6) is -1.97. The van der Waals surface area contributed by atoms with Gasteiger partial charge in [0.2, 0.25) is 5.91 Å². The van der Waals surface area contributed by atoms with Gasteiger partial charge in [-0.25, -0.2) is 8.78 Å². The molecule has 0 saturated heterocycles. The van der Waals surface area contributed by atoms with Crippen LogP contribution in [-0.2, 0) is 14.4 Å². The Balaban J connectivity index is 1.03. The molecule has 1 unspecified atom stereocenters. The van der Waals surface area contributed by atoms with E-state index in [-0.39, 0.29) is 42.2 Å². The minimum atomic E-state index is -1.18. The van der Waals surface area contributed by atoms with Crippen LogP contribution in [0.1, 0.15) is 25.7 Å². The number of carbonyl (C=O) groups is 3. The summed E-state index contributed by atoms with van der Waals surface area (Å²) in [6.07, 6.45) is -0.357. The number of nitrogens with zero attached hydrogens (tertiary/aromatic N) is 1. The van der Waals surface area contributed by atoms with Crippen molar-refractivity contribution < 1.29 is 32.6 Å². The molecule has 4 aliphatic carbocycles. The summed E-state index contributed by atoms with van der Waals surface area (Å²) in [5.41, 5.74) is -0.481. The van der Waals surface area contributed by atoms with Crippen LogP contribution in [0.25, 0.3) is 0 Å². The predicted octanol–water partition coefficient (Wildman–Crippen LogP) is 3.57. The van der Waals surface area contributed by atoms with Gasteiger partial charge in [0.15, 0.2) is 12.7 Å². The SMILES string of the molecule is O=C(COc1ccc(Cl)c(F)c1)NC12CC(NC(=O)C3CN(C(=O)[C@H]4C[C@H]4F)c4cc(Cl)ccc4O3)(C1)C2. The summed E-state index contributed by atoms with van der Waals surface area (Å²) in [6.45, 7) is -0.339. The van der Waals surface area contributed by atoms with Crippen molar-refractivity contribution in [3.63, 3.8) is 0 Å². The van der Waals surface area contributed by atoms with Gasteiger partial charge in [0.05, 0.1) is 23.2 Å². The fraction of sp³-hybridized carbons (Fsp3) is 0.423. The molecule has 2 bridgehead atoms. The lowest BCUT2D eigenvalue weighted by atomic mass is 9.44. The summed E-state index contributed by atoms with van der Waals surface area (Å²) in [5, 5.41) is 6.30. The average molecular weight is 566 g/mol. The number of alkyl halides is 1. The minimum absolute atomic E-state index is 0.0362. The normalized spacial score (nSPS) is 30.1. The fourth-order valence-electron chi connectivity index (χ4n) is 5.66. The first-order valence-corrected chi connectivity index (χ1v) is 12.9. The van der Waals surface area contributed by atoms with Crippen LogP contribution < -0.4 is 25.0 Å². The van der Waals surface area contributed by atoms with Crippen LogP contribution in [0.5, 0.6) is 11.5 Å². The second-order valence-corrected chi connectivity index (χ2v) is 11.4. The summed E-state index contributed by atoms with van der Waals surface area (Å²) in [4.78, 5) is 39.8. The van der Waals surface area contributed by atoms with Gasteiger partial charge < -0.3 is 25.0 Å². The molecule has 5 aliphatic rings. The summed E-state index contributed by atoms with van der Waals surface area (Å²) >= 11 is 11.7. The molecule has 8 nitrogen and oxygen atoms in total. The molecular weight excluding hydrogens is 543 g/mol. The third-order valence-electron chi connectivity index (χ3n) is 7.50. The van der Waals surface area contributed by atoms with Crippen molar-refractivity contribution in [3.8, 4) is 11.5 Å². The molecule has 2 aromatic rings. The van der Waals surface area contributed by atoms with Crippen molar-refractivity contribution in [1.29, 1.82) is 0 Å². The molecule has 0 spiro atoms. The van der Waals surface area contributed by atoms with Crippen molar-refractivity contribution in [2.24, 2.45) is 5.92 Å². The topological polar surface area (TPSA) is 97.0 Å². The van der Waals surface area contributed by atoms with Crippen molar-refractivity contribution in [1.82, 2.24) is 10.6 Å². The van der Waals surface area contributed by atoms with Gasteiger partial charge in [-0.05, 0) is 56.0 Å². The largest absolute Gasteiger partial charge is 0.484 e. The van der Waals surface area contributed by atoms with E-state index in [1.54, 1.807) is 18.2 Å². The first kappa shape index (κ1) is 25.2. The Bertz CT molecular complexity index is 1340. The second kappa shape index (κ2) is 8.98. The van der Waals surface area contributed by atoms with E-state index in [9.17, 15) is 23.2 Å². The maximum atomic E-state index is 13.6. The molecule has 4 saturated carbocycles. The van der Waals surface area contributed by atoms with Gasteiger partial charge in [-0.2, -0.15) is 0 Å². The molecule has 0 aromatic heterocycles. The maximum absolute atomic E-state index is 13.6. The molecule has 38 heavy (non-hydrogen) atoms. The maximum Gasteiger partial charge on any atom is 0.263 e. The number of hydrogen-bond donors (Lipinski definition) is 2. The highest BCUT2D eigenvalue weighted by atomic mass is 35.5. The van der Waals surface area contributed by atoms with Crippen LogP contribution in [0.4, 0.5) is 14.5 Å². The Labute approximate surface area is 226 Å². The number of hydrogen-bond acceptors (Lipinski definition) is 5. The van der Waals surface area contributed by atoms with Crippen LogP contribution in [0.15, 0.2) is 36.4 Å². The van der Waals surface area contributed by atoms with E-state index in [1.165, 1.54) is 17.0 Å². The lowest BCUT2D eigenvalue weighted by molar-refractivity contribution is -0.153. The quantitative estimate of drug-likeness (QED) is 0.535. The molecule has 1 aliphatic heterocycles. The Morgan fingerprint density at radius 1 is 1.08 bits per heavy atom. The predicted molar refractivity (Wildman–Crippen MR) is 134 cm³/mol. The molecule has 2 aromatic carbocycles. The highest BCUT2D eigenvalue weighted by Gasteiger charge is 2.69. The first-order valence-electron chi connectivity index (χ1n) is 12.2. The van der Waals surface area contributed by atoms with Crippen LogP contribution >= 0.6 is 23.2 Å². The summed E-state index contributed by atoms with van der Waals surface area (Å²) in [7, 11) is 0. The Morgan fingerprint density at radius 2 is 1.79 bits per heavy atom. The van der Waals surface area contributed by atoms with E-state index in [0.29, 0.717) is 35.7 Å². The molecule has 12 heteroatoms. The second-order valence-electron chi connectivity index (χ2n) is 10.5. The summed E-state index contributed by atoms with van der Waals surface area (Å²) in [6, 6.07) is 8.68. The number of fused-ring (bicyclic) bond motifs is 1. The van der Waals surface area contributed by atoms with Gasteiger partial charge >= 0.3 is 0 Å². The zero-order valence-corrected chi connectivity index (χ0v) is 21.5. The van der Waals surface area contributed by atoms with E-state index in [2.05, 4.69) is 10.6 Å². The van der Waals surface area contributed by atoms with Gasteiger partial charge in [0.25, 0.3) is 11.8 Å². The zero-order valence-electron chi connectivity index (χ0n) is 19.9. The van der Waals surface area contributed by atoms with Gasteiger partial charge in [-0.15, -0.1) is 0 Å². The third-order valence-corrected chi connectivity index (χ3v) is 8.04. The van der Waals surface area contributed by atoms with Crippen LogP contribution in [0, 0.1) is 11.7 Å². The molecule has 3 atom stereocenters. The van der Waals surface area contributed by atoms with E-state index in [0.717, 1.165) is 6.07 Å². The van der Waals surface area contributed by atoms with Crippen LogP contribution in [0.2, 0.25) is 10.0 Å². The Hall–Kier alpha value is -3.11. The van der Waals surface area contributed by atoms with Crippen molar-refractivity contribution in [2.45, 2.75) is 49.0 Å². The molecule has 2 N–H and O–H groups in total. The summed E-state index contributed by atoms with van der Waals surface area (Å²) < 4.78 is 38.4. The Kier molecular flexibility index (Phi) is 5.95. The molecule has 4 fully saturated rings. The Morgan fingerprint density at radius 3 is 2.47 bits per heavy atom. The van der Waals surface area contributed by atoms with Gasteiger partial charge in [0, 0.05) is 22.2 Å². The fourth-order valence-corrected chi connectivity index (χ4v) is 5.95. The highest BCUT2D eigenvalue weighted by molar-refractivity contribution is 6.31. The van der Waals surface area contributed by atoms with Gasteiger partial charge in [-0.3, -0.25) is 14.4 Å². The third kappa shape index (κ3) is 4.53. The molecule has 7 rings (SSSR count). The van der Waals surface area contributed by atoms with E-state index >= 15 is 0 Å². The smallest absolute Gasteiger partial charge is 0.263 e. The number of anilines is 1. The van der Waals surface area contributed by atoms with E-state index in [1.807, 2.05) is 0 Å². The standard InChI is InChI=1S/C26H23Cl2F2N3O5/c27-13-1-4-20-19(5-13)33(24(36)15-7-17(15)29)8-21(38-20)23(35)32-26-10-25(11-26,12-26)31-22(34)9-37-14-2-3-16(28)18(30)6-14/h1-6,15,17,21H,7-12H2,(H,31,34)(H,32,35)/t15-,17+,21?,25?,26?/m0/s1. The number of benzene rings is 2. The minimum Gasteiger partial charge on any atom is -0.484 e. The average Bonchev–Trinajstić information content (AvgIpc) is 3.57. The monoisotopic (exact) mass is 565 g/mol. The number of ether oxygens (including phenoxy) is 2. The lowest BCUT2D eigenvalue weighted by Crippen LogP contribution is -2.84. The zero-order chi connectivity index (χ0) is 26.8. The van der Waals surface area contributed by atoms with Crippen molar-refractivity contribution in [2.75, 3.05) is 18.1 Å². The highest BCUT2D eigenvalue weighted by Crippen LogP contribution is 2.60. The van der Waals surface area contributed by atoms with Crippen LogP contribution in [0.3, 0.4) is 0 Å². The lowest BCUT2D eigenvalue weighted by Gasteiger charge is -2.70. The number of amides is 3. The van der Waals surface area contributed by atoms with E-state index in [4.69, 9.17) is 32.7 Å². The number of nitrogens with one attached hydrogen (secondary N) is 2. The number of halogens is 4. The number of carbonyl (C=O) groups excluding carboxylic acids is 3.